The van der Waals surface area contributed by atoms with E-state index in [2.05, 4.69) is 10.5 Å². The van der Waals surface area contributed by atoms with Crippen molar-refractivity contribution in [3.05, 3.63) is 129 Å². The maximum absolute atomic E-state index is 12.6. The molecule has 0 aliphatic carbocycles. The maximum Gasteiger partial charge on any atom is 0.345 e. The quantitative estimate of drug-likeness (QED) is 0.0776. The number of para-hydroxylation sites is 2. The average molecular weight is 589 g/mol. The molecule has 41 heavy (non-hydrogen) atoms. The second-order valence-electron chi connectivity index (χ2n) is 8.27. The highest BCUT2D eigenvalue weighted by atomic mass is 35.5. The van der Waals surface area contributed by atoms with Crippen molar-refractivity contribution in [3.8, 4) is 17.2 Å². The Bertz CT molecular complexity index is 1630. The van der Waals surface area contributed by atoms with Crippen LogP contribution in [0.15, 0.2) is 102 Å². The Labute approximate surface area is 245 Å². The van der Waals surface area contributed by atoms with Crippen LogP contribution in [-0.4, -0.2) is 31.2 Å². The molecule has 0 unspecified atom stereocenters. The highest BCUT2D eigenvalue weighted by molar-refractivity contribution is 6.36. The molecule has 0 saturated carbocycles. The van der Waals surface area contributed by atoms with Crippen molar-refractivity contribution < 1.29 is 28.6 Å². The monoisotopic (exact) mass is 588 g/mol. The van der Waals surface area contributed by atoms with Gasteiger partial charge in [-0.05, 0) is 66.7 Å². The Balaban J connectivity index is 1.40. The van der Waals surface area contributed by atoms with Crippen LogP contribution < -0.4 is 19.6 Å². The Morgan fingerprint density at radius 1 is 0.805 bits per heavy atom. The average Bonchev–Trinajstić information content (AvgIpc) is 2.97. The summed E-state index contributed by atoms with van der Waals surface area (Å²) in [6.45, 7) is 0. The highest BCUT2D eigenvalue weighted by Crippen LogP contribution is 2.25. The number of ether oxygens (including phenoxy) is 3. The van der Waals surface area contributed by atoms with Crippen LogP contribution in [0.3, 0.4) is 0 Å². The van der Waals surface area contributed by atoms with Gasteiger partial charge in [-0.1, -0.05) is 53.5 Å². The Kier molecular flexibility index (Phi) is 9.88. The fourth-order valence-electron chi connectivity index (χ4n) is 3.47. The molecule has 0 radical (unpaired) electrons. The van der Waals surface area contributed by atoms with Crippen molar-refractivity contribution in [1.82, 2.24) is 5.43 Å². The molecular formula is C31H22Cl2N2O6. The zero-order valence-corrected chi connectivity index (χ0v) is 23.1. The van der Waals surface area contributed by atoms with Gasteiger partial charge in [-0.15, -0.1) is 0 Å². The number of esters is 2. The van der Waals surface area contributed by atoms with Crippen molar-refractivity contribution in [2.75, 3.05) is 7.11 Å². The summed E-state index contributed by atoms with van der Waals surface area (Å²) >= 11 is 12.0. The minimum absolute atomic E-state index is 0.146. The topological polar surface area (TPSA) is 103 Å². The fourth-order valence-corrected chi connectivity index (χ4v) is 3.95. The SMILES string of the molecule is COc1ccc(C(=O)N/N=C/c2ccccc2OC(=O)/C=C/c2ccccc2OC(=O)c2ccc(Cl)cc2Cl)cc1. The zero-order valence-electron chi connectivity index (χ0n) is 21.5. The zero-order chi connectivity index (χ0) is 29.2. The number of methoxy groups -OCH3 is 1. The summed E-state index contributed by atoms with van der Waals surface area (Å²) in [5.74, 6) is -0.715. The molecule has 0 bridgehead atoms. The molecule has 0 atom stereocenters. The standard InChI is InChI=1S/C31H22Cl2N2O6/c1-39-24-14-10-21(11-15-24)30(37)35-34-19-22-7-3-5-9-28(22)40-29(36)17-12-20-6-2-4-8-27(20)41-31(38)25-16-13-23(32)18-26(25)33/h2-19H,1H3,(H,35,37)/b17-12+,34-19+. The van der Waals surface area contributed by atoms with Crippen molar-refractivity contribution in [2.24, 2.45) is 5.10 Å². The van der Waals surface area contributed by atoms with Gasteiger partial charge in [0.15, 0.2) is 0 Å². The van der Waals surface area contributed by atoms with Gasteiger partial charge < -0.3 is 14.2 Å². The number of hydrogen-bond acceptors (Lipinski definition) is 7. The van der Waals surface area contributed by atoms with Crippen molar-refractivity contribution in [1.29, 1.82) is 0 Å². The van der Waals surface area contributed by atoms with Gasteiger partial charge in [-0.25, -0.2) is 15.0 Å². The van der Waals surface area contributed by atoms with Crippen LogP contribution in [0.4, 0.5) is 0 Å². The summed E-state index contributed by atoms with van der Waals surface area (Å²) in [7, 11) is 1.54. The van der Waals surface area contributed by atoms with E-state index in [1.165, 1.54) is 43.7 Å². The van der Waals surface area contributed by atoms with Gasteiger partial charge in [0.1, 0.15) is 17.2 Å². The number of carbonyl (C=O) groups excluding carboxylic acids is 3. The molecular weight excluding hydrogens is 567 g/mol. The molecule has 4 rings (SSSR count). The normalized spacial score (nSPS) is 10.9. The predicted octanol–water partition coefficient (Wildman–Crippen LogP) is 6.60. The largest absolute Gasteiger partial charge is 0.497 e. The molecule has 0 fully saturated rings. The van der Waals surface area contributed by atoms with E-state index in [0.29, 0.717) is 27.5 Å². The van der Waals surface area contributed by atoms with Crippen molar-refractivity contribution in [3.63, 3.8) is 0 Å². The lowest BCUT2D eigenvalue weighted by Gasteiger charge is -2.09. The molecule has 1 N–H and O–H groups in total. The number of amides is 1. The lowest BCUT2D eigenvalue weighted by molar-refractivity contribution is -0.128. The summed E-state index contributed by atoms with van der Waals surface area (Å²) in [5.41, 5.74) is 3.89. The lowest BCUT2D eigenvalue weighted by Crippen LogP contribution is -2.17. The second-order valence-corrected chi connectivity index (χ2v) is 9.12. The van der Waals surface area contributed by atoms with Crippen molar-refractivity contribution >= 4 is 53.3 Å². The van der Waals surface area contributed by atoms with Crippen LogP contribution in [-0.2, 0) is 4.79 Å². The van der Waals surface area contributed by atoms with Gasteiger partial charge >= 0.3 is 11.9 Å². The Hall–Kier alpha value is -4.92. The van der Waals surface area contributed by atoms with Gasteiger partial charge in [0.2, 0.25) is 0 Å². The van der Waals surface area contributed by atoms with Crippen LogP contribution in [0.2, 0.25) is 10.0 Å². The molecule has 1 amide bonds. The summed E-state index contributed by atoms with van der Waals surface area (Å²) in [6.07, 6.45) is 4.02. The van der Waals surface area contributed by atoms with E-state index in [4.69, 9.17) is 37.4 Å². The molecule has 10 heteroatoms. The molecule has 206 valence electrons. The summed E-state index contributed by atoms with van der Waals surface area (Å²) in [5, 5.41) is 4.51. The predicted molar refractivity (Wildman–Crippen MR) is 157 cm³/mol. The second kappa shape index (κ2) is 13.9. The molecule has 8 nitrogen and oxygen atoms in total. The van der Waals surface area contributed by atoms with E-state index in [1.54, 1.807) is 72.8 Å². The smallest absolute Gasteiger partial charge is 0.345 e. The number of carbonyl (C=O) groups is 3. The summed E-state index contributed by atoms with van der Waals surface area (Å²) < 4.78 is 16.1. The molecule has 4 aromatic carbocycles. The summed E-state index contributed by atoms with van der Waals surface area (Å²) in [4.78, 5) is 37.6. The number of nitrogens with zero attached hydrogens (tertiary/aromatic N) is 1. The van der Waals surface area contributed by atoms with E-state index >= 15 is 0 Å². The van der Waals surface area contributed by atoms with Crippen LogP contribution in [0.25, 0.3) is 6.08 Å². The molecule has 0 heterocycles. The molecule has 0 aromatic heterocycles. The Morgan fingerprint density at radius 2 is 1.46 bits per heavy atom. The van der Waals surface area contributed by atoms with Crippen molar-refractivity contribution in [2.45, 2.75) is 0 Å². The molecule has 0 spiro atoms. The third-order valence-corrected chi connectivity index (χ3v) is 6.07. The molecule has 4 aromatic rings. The maximum atomic E-state index is 12.6. The van der Waals surface area contributed by atoms with Crippen LogP contribution in [0.5, 0.6) is 17.2 Å². The van der Waals surface area contributed by atoms with Gasteiger partial charge in [-0.2, -0.15) is 5.10 Å². The number of rotatable bonds is 9. The molecule has 0 aliphatic rings. The number of halogens is 2. The molecule has 0 saturated heterocycles. The lowest BCUT2D eigenvalue weighted by atomic mass is 10.2. The van der Waals surface area contributed by atoms with Gasteiger partial charge in [0, 0.05) is 27.8 Å². The highest BCUT2D eigenvalue weighted by Gasteiger charge is 2.15. The van der Waals surface area contributed by atoms with E-state index in [9.17, 15) is 14.4 Å². The third-order valence-electron chi connectivity index (χ3n) is 5.52. The Morgan fingerprint density at radius 3 is 2.15 bits per heavy atom. The molecule has 0 aliphatic heterocycles. The number of nitrogens with one attached hydrogen (secondary N) is 1. The van der Waals surface area contributed by atoms with E-state index in [-0.39, 0.29) is 22.1 Å². The minimum atomic E-state index is -0.685. The van der Waals surface area contributed by atoms with Gasteiger partial charge in [-0.3, -0.25) is 4.79 Å². The first kappa shape index (κ1) is 29.1. The van der Waals surface area contributed by atoms with Crippen LogP contribution in [0, 0.1) is 0 Å². The van der Waals surface area contributed by atoms with E-state index in [1.807, 2.05) is 0 Å². The third kappa shape index (κ3) is 8.04. The first-order valence-electron chi connectivity index (χ1n) is 12.1. The van der Waals surface area contributed by atoms with Gasteiger partial charge in [0.25, 0.3) is 5.91 Å². The fraction of sp³-hybridized carbons (Fsp3) is 0.0323. The summed E-state index contributed by atoms with van der Waals surface area (Å²) in [6, 6.07) is 24.3. The van der Waals surface area contributed by atoms with E-state index < -0.39 is 17.8 Å². The van der Waals surface area contributed by atoms with E-state index in [0.717, 1.165) is 0 Å². The number of hydrazone groups is 1. The van der Waals surface area contributed by atoms with Crippen LogP contribution in [0.1, 0.15) is 31.8 Å². The first-order valence-corrected chi connectivity index (χ1v) is 12.8. The first-order chi connectivity index (χ1) is 19.8. The number of hydrogen-bond donors (Lipinski definition) is 1. The van der Waals surface area contributed by atoms with Crippen LogP contribution >= 0.6 is 23.2 Å². The minimum Gasteiger partial charge on any atom is -0.497 e. The number of benzene rings is 4. The van der Waals surface area contributed by atoms with Gasteiger partial charge in [0.05, 0.1) is 23.9 Å².